The topological polar surface area (TPSA) is 52.6 Å². The number of amides is 2. The highest BCUT2D eigenvalue weighted by atomic mass is 16.2. The Bertz CT molecular complexity index is 516. The van der Waals surface area contributed by atoms with Crippen molar-refractivity contribution in [3.8, 4) is 0 Å². The quantitative estimate of drug-likeness (QED) is 0.817. The molecule has 0 aliphatic carbocycles. The van der Waals surface area contributed by atoms with E-state index >= 15 is 0 Å². The molecule has 5 nitrogen and oxygen atoms in total. The second-order valence-corrected chi connectivity index (χ2v) is 5.18. The van der Waals surface area contributed by atoms with Crippen molar-refractivity contribution < 1.29 is 9.59 Å². The van der Waals surface area contributed by atoms with E-state index in [0.29, 0.717) is 19.6 Å². The highest BCUT2D eigenvalue weighted by Crippen LogP contribution is 2.19. The molecule has 2 amide bonds. The van der Waals surface area contributed by atoms with Crippen molar-refractivity contribution in [1.29, 1.82) is 0 Å². The van der Waals surface area contributed by atoms with E-state index in [-0.39, 0.29) is 6.04 Å². The van der Waals surface area contributed by atoms with Crippen LogP contribution < -0.4 is 5.32 Å². The first-order valence-corrected chi connectivity index (χ1v) is 6.81. The molecule has 1 atom stereocenters. The number of hydrogen-bond donors (Lipinski definition) is 1. The third-order valence-electron chi connectivity index (χ3n) is 3.84. The van der Waals surface area contributed by atoms with Gasteiger partial charge in [0.2, 0.25) is 0 Å². The average Bonchev–Trinajstić information content (AvgIpc) is 2.45. The van der Waals surface area contributed by atoms with Crippen LogP contribution in [-0.2, 0) is 9.59 Å². The minimum Gasteiger partial charge on any atom is -0.336 e. The van der Waals surface area contributed by atoms with E-state index < -0.39 is 11.8 Å². The molecule has 5 heteroatoms. The zero-order valence-corrected chi connectivity index (χ0v) is 12.2. The number of likely N-dealkylation sites (N-methyl/N-ethyl adjacent to an activating group) is 2. The molecule has 1 aliphatic heterocycles. The van der Waals surface area contributed by atoms with Crippen molar-refractivity contribution in [1.82, 2.24) is 15.1 Å². The van der Waals surface area contributed by atoms with Gasteiger partial charge in [0.15, 0.2) is 0 Å². The summed E-state index contributed by atoms with van der Waals surface area (Å²) in [5.41, 5.74) is 2.34. The summed E-state index contributed by atoms with van der Waals surface area (Å²) < 4.78 is 0. The molecule has 20 heavy (non-hydrogen) atoms. The first-order chi connectivity index (χ1) is 9.54. The van der Waals surface area contributed by atoms with Gasteiger partial charge in [-0.25, -0.2) is 0 Å². The van der Waals surface area contributed by atoms with Crippen molar-refractivity contribution in [3.63, 3.8) is 0 Å². The molecule has 1 N–H and O–H groups in total. The fourth-order valence-electron chi connectivity index (χ4n) is 2.49. The number of aryl methyl sites for hydroxylation is 1. The Kier molecular flexibility index (Phi) is 4.39. The molecule has 1 aromatic carbocycles. The monoisotopic (exact) mass is 275 g/mol. The van der Waals surface area contributed by atoms with Gasteiger partial charge in [0.25, 0.3) is 0 Å². The normalized spacial score (nSPS) is 17.6. The maximum Gasteiger partial charge on any atom is 0.312 e. The second-order valence-electron chi connectivity index (χ2n) is 5.18. The lowest BCUT2D eigenvalue weighted by atomic mass is 10.0. The summed E-state index contributed by atoms with van der Waals surface area (Å²) in [6, 6.07) is 8.13. The number of carbonyl (C=O) groups excluding carboxylic acids is 2. The zero-order valence-electron chi connectivity index (χ0n) is 12.2. The predicted octanol–water partition coefficient (Wildman–Crippen LogP) is 0.556. The molecule has 2 rings (SSSR count). The van der Waals surface area contributed by atoms with Crippen LogP contribution in [0.4, 0.5) is 0 Å². The molecule has 0 radical (unpaired) electrons. The van der Waals surface area contributed by atoms with Gasteiger partial charge >= 0.3 is 11.8 Å². The molecule has 1 aliphatic rings. The molecular formula is C15H21N3O2. The third kappa shape index (κ3) is 2.82. The van der Waals surface area contributed by atoms with Crippen LogP contribution in [-0.4, -0.2) is 55.3 Å². The third-order valence-corrected chi connectivity index (χ3v) is 3.84. The fraction of sp³-hybridized carbons (Fsp3) is 0.467. The molecule has 108 valence electrons. The highest BCUT2D eigenvalue weighted by Gasteiger charge is 2.31. The first-order valence-electron chi connectivity index (χ1n) is 6.81. The summed E-state index contributed by atoms with van der Waals surface area (Å²) in [6.07, 6.45) is 0. The van der Waals surface area contributed by atoms with Crippen LogP contribution in [0.15, 0.2) is 24.3 Å². The highest BCUT2D eigenvalue weighted by molar-refractivity contribution is 6.35. The second kappa shape index (κ2) is 6.05. The Morgan fingerprint density at radius 2 is 1.90 bits per heavy atom. The van der Waals surface area contributed by atoms with E-state index in [4.69, 9.17) is 0 Å². The van der Waals surface area contributed by atoms with Gasteiger partial charge in [-0.15, -0.1) is 0 Å². The van der Waals surface area contributed by atoms with Gasteiger partial charge in [0.1, 0.15) is 0 Å². The minimum absolute atomic E-state index is 0.0383. The van der Waals surface area contributed by atoms with Gasteiger partial charge in [0.05, 0.1) is 0 Å². The van der Waals surface area contributed by atoms with Crippen LogP contribution in [0.2, 0.25) is 0 Å². The lowest BCUT2D eigenvalue weighted by Crippen LogP contribution is -2.54. The maximum absolute atomic E-state index is 12.0. The minimum atomic E-state index is -0.420. The number of hydrogen-bond acceptors (Lipinski definition) is 3. The lowest BCUT2D eigenvalue weighted by Gasteiger charge is -2.34. The van der Waals surface area contributed by atoms with E-state index in [0.717, 1.165) is 5.56 Å². The van der Waals surface area contributed by atoms with E-state index in [1.165, 1.54) is 10.5 Å². The summed E-state index contributed by atoms with van der Waals surface area (Å²) in [7, 11) is 3.54. The van der Waals surface area contributed by atoms with E-state index in [1.807, 2.05) is 19.2 Å². The summed E-state index contributed by atoms with van der Waals surface area (Å²) in [5.74, 6) is -0.830. The van der Waals surface area contributed by atoms with E-state index in [1.54, 1.807) is 11.9 Å². The standard InChI is InChI=1S/C15H21N3O2/c1-11-6-4-5-7-12(11)13(16-2)10-18-9-8-17(3)14(19)15(18)20/h4-7,13,16H,8-10H2,1-3H3. The molecule has 0 saturated carbocycles. The van der Waals surface area contributed by atoms with Gasteiger partial charge in [-0.2, -0.15) is 0 Å². The maximum atomic E-state index is 12.0. The lowest BCUT2D eigenvalue weighted by molar-refractivity contribution is -0.155. The predicted molar refractivity (Wildman–Crippen MR) is 77.2 cm³/mol. The smallest absolute Gasteiger partial charge is 0.312 e. The number of nitrogens with one attached hydrogen (secondary N) is 1. The molecular weight excluding hydrogens is 254 g/mol. The largest absolute Gasteiger partial charge is 0.336 e. The fourth-order valence-corrected chi connectivity index (χ4v) is 2.49. The van der Waals surface area contributed by atoms with Gasteiger partial charge in [0, 0.05) is 32.7 Å². The molecule has 1 aromatic rings. The molecule has 1 fully saturated rings. The number of benzene rings is 1. The first kappa shape index (κ1) is 14.5. The number of rotatable bonds is 4. The van der Waals surface area contributed by atoms with E-state index in [2.05, 4.69) is 24.4 Å². The Labute approximate surface area is 119 Å². The van der Waals surface area contributed by atoms with Crippen LogP contribution in [0.3, 0.4) is 0 Å². The number of piperazine rings is 1. The molecule has 1 heterocycles. The van der Waals surface area contributed by atoms with Crippen molar-refractivity contribution in [3.05, 3.63) is 35.4 Å². The van der Waals surface area contributed by atoms with Crippen molar-refractivity contribution in [2.24, 2.45) is 0 Å². The van der Waals surface area contributed by atoms with Gasteiger partial charge in [-0.1, -0.05) is 24.3 Å². The van der Waals surface area contributed by atoms with Crippen LogP contribution in [0.25, 0.3) is 0 Å². The van der Waals surface area contributed by atoms with Crippen LogP contribution >= 0.6 is 0 Å². The molecule has 1 saturated heterocycles. The van der Waals surface area contributed by atoms with Crippen LogP contribution in [0, 0.1) is 6.92 Å². The Morgan fingerprint density at radius 3 is 2.55 bits per heavy atom. The number of carbonyl (C=O) groups is 2. The van der Waals surface area contributed by atoms with Crippen molar-refractivity contribution >= 4 is 11.8 Å². The SMILES string of the molecule is CNC(CN1CCN(C)C(=O)C1=O)c1ccccc1C. The van der Waals surface area contributed by atoms with Gasteiger partial charge < -0.3 is 15.1 Å². The van der Waals surface area contributed by atoms with Crippen LogP contribution in [0.1, 0.15) is 17.2 Å². The summed E-state index contributed by atoms with van der Waals surface area (Å²) in [6.45, 7) is 3.75. The summed E-state index contributed by atoms with van der Waals surface area (Å²) >= 11 is 0. The summed E-state index contributed by atoms with van der Waals surface area (Å²) in [4.78, 5) is 26.8. The Balaban J connectivity index is 2.13. The summed E-state index contributed by atoms with van der Waals surface area (Å²) in [5, 5.41) is 3.23. The zero-order chi connectivity index (χ0) is 14.7. The van der Waals surface area contributed by atoms with Crippen molar-refractivity contribution in [2.45, 2.75) is 13.0 Å². The molecule has 0 bridgehead atoms. The Hall–Kier alpha value is -1.88. The Morgan fingerprint density at radius 1 is 1.20 bits per heavy atom. The van der Waals surface area contributed by atoms with Gasteiger partial charge in [-0.3, -0.25) is 9.59 Å². The van der Waals surface area contributed by atoms with Crippen LogP contribution in [0.5, 0.6) is 0 Å². The average molecular weight is 275 g/mol. The van der Waals surface area contributed by atoms with Crippen molar-refractivity contribution in [2.75, 3.05) is 33.7 Å². The van der Waals surface area contributed by atoms with E-state index in [9.17, 15) is 9.59 Å². The molecule has 0 spiro atoms. The molecule has 1 unspecified atom stereocenters. The number of nitrogens with zero attached hydrogens (tertiary/aromatic N) is 2. The molecule has 0 aromatic heterocycles. The van der Waals surface area contributed by atoms with Gasteiger partial charge in [-0.05, 0) is 25.1 Å².